The summed E-state index contributed by atoms with van der Waals surface area (Å²) in [5.41, 5.74) is 6.15. The molecule has 176 valence electrons. The fourth-order valence-corrected chi connectivity index (χ4v) is 2.82. The highest BCUT2D eigenvalue weighted by molar-refractivity contribution is 7.80. The van der Waals surface area contributed by atoms with E-state index >= 15 is 0 Å². The summed E-state index contributed by atoms with van der Waals surface area (Å²) in [6.45, 7) is 5.10. The van der Waals surface area contributed by atoms with E-state index < -0.39 is 11.8 Å². The molecule has 0 saturated carbocycles. The number of thiocarbonyl (C=S) groups is 1. The van der Waals surface area contributed by atoms with Crippen molar-refractivity contribution in [3.63, 3.8) is 0 Å². The van der Waals surface area contributed by atoms with Gasteiger partial charge in [0.25, 0.3) is 11.8 Å². The van der Waals surface area contributed by atoms with Gasteiger partial charge < -0.3 is 14.8 Å². The largest absolute Gasteiger partial charge is 0.490 e. The molecular formula is C23H28N4O5S. The van der Waals surface area contributed by atoms with Crippen LogP contribution >= 0.6 is 12.2 Å². The number of nitrogens with one attached hydrogen (secondary N) is 4. The summed E-state index contributed by atoms with van der Waals surface area (Å²) in [4.78, 5) is 36.5. The van der Waals surface area contributed by atoms with E-state index in [2.05, 4.69) is 21.5 Å². The third-order valence-electron chi connectivity index (χ3n) is 4.25. The predicted octanol–water partition coefficient (Wildman–Crippen LogP) is 2.79. The van der Waals surface area contributed by atoms with Crippen LogP contribution in [0.5, 0.6) is 5.75 Å². The first-order valence-electron chi connectivity index (χ1n) is 10.6. The molecule has 0 heterocycles. The van der Waals surface area contributed by atoms with E-state index in [9.17, 15) is 14.4 Å². The van der Waals surface area contributed by atoms with E-state index in [1.54, 1.807) is 48.5 Å². The molecule has 0 atom stereocenters. The Balaban J connectivity index is 1.84. The van der Waals surface area contributed by atoms with Gasteiger partial charge in [-0.05, 0) is 62.0 Å². The molecule has 0 aliphatic heterocycles. The fourth-order valence-electron chi connectivity index (χ4n) is 2.68. The van der Waals surface area contributed by atoms with Crippen molar-refractivity contribution in [3.8, 4) is 5.75 Å². The lowest BCUT2D eigenvalue weighted by Crippen LogP contribution is -2.48. The van der Waals surface area contributed by atoms with Crippen molar-refractivity contribution in [3.05, 3.63) is 59.7 Å². The lowest BCUT2D eigenvalue weighted by atomic mass is 10.2. The molecule has 0 aliphatic rings. The molecule has 0 spiro atoms. The smallest absolute Gasteiger partial charge is 0.269 e. The van der Waals surface area contributed by atoms with Crippen molar-refractivity contribution in [2.45, 2.75) is 26.7 Å². The molecule has 0 aliphatic carbocycles. The summed E-state index contributed by atoms with van der Waals surface area (Å²) >= 11 is 5.09. The SMILES string of the molecule is CCCC(=O)Nc1ccc(C(=O)NNC(=S)NC(=O)c2ccccc2OCCOCC)cc1. The average Bonchev–Trinajstić information content (AvgIpc) is 2.81. The summed E-state index contributed by atoms with van der Waals surface area (Å²) in [6.07, 6.45) is 1.18. The monoisotopic (exact) mass is 472 g/mol. The number of benzene rings is 2. The third kappa shape index (κ3) is 8.87. The second-order valence-electron chi connectivity index (χ2n) is 6.78. The number of carbonyl (C=O) groups is 3. The lowest BCUT2D eigenvalue weighted by molar-refractivity contribution is -0.116. The zero-order chi connectivity index (χ0) is 24.1. The van der Waals surface area contributed by atoms with E-state index in [1.807, 2.05) is 13.8 Å². The van der Waals surface area contributed by atoms with Crippen LogP contribution in [0.2, 0.25) is 0 Å². The van der Waals surface area contributed by atoms with Gasteiger partial charge in [0.15, 0.2) is 5.11 Å². The molecule has 2 rings (SSSR count). The Labute approximate surface area is 198 Å². The average molecular weight is 473 g/mol. The standard InChI is InChI=1S/C23H28N4O5S/c1-3-7-20(28)24-17-12-10-16(11-13-17)21(29)26-27-23(33)25-22(30)18-8-5-6-9-19(18)32-15-14-31-4-2/h5-6,8-13H,3-4,7,14-15H2,1-2H3,(H,24,28)(H,26,29)(H2,25,27,30,33). The molecule has 0 radical (unpaired) electrons. The normalized spacial score (nSPS) is 10.1. The third-order valence-corrected chi connectivity index (χ3v) is 4.45. The van der Waals surface area contributed by atoms with E-state index in [4.69, 9.17) is 21.7 Å². The van der Waals surface area contributed by atoms with E-state index in [-0.39, 0.29) is 11.0 Å². The molecule has 0 saturated heterocycles. The Morgan fingerprint density at radius 2 is 1.64 bits per heavy atom. The number of amides is 3. The minimum Gasteiger partial charge on any atom is -0.490 e. The minimum absolute atomic E-state index is 0.0825. The molecule has 9 nitrogen and oxygen atoms in total. The van der Waals surface area contributed by atoms with Crippen LogP contribution < -0.4 is 26.2 Å². The number of rotatable bonds is 10. The van der Waals surface area contributed by atoms with Crippen LogP contribution in [0.25, 0.3) is 0 Å². The van der Waals surface area contributed by atoms with Gasteiger partial charge in [0.2, 0.25) is 5.91 Å². The molecule has 4 N–H and O–H groups in total. The van der Waals surface area contributed by atoms with Crippen molar-refractivity contribution in [1.82, 2.24) is 16.2 Å². The Morgan fingerprint density at radius 1 is 0.909 bits per heavy atom. The topological polar surface area (TPSA) is 118 Å². The lowest BCUT2D eigenvalue weighted by Gasteiger charge is -2.13. The molecule has 2 aromatic carbocycles. The van der Waals surface area contributed by atoms with Gasteiger partial charge in [-0.15, -0.1) is 0 Å². The molecule has 2 aromatic rings. The maximum Gasteiger partial charge on any atom is 0.269 e. The first-order valence-corrected chi connectivity index (χ1v) is 11.0. The number of hydrogen-bond donors (Lipinski definition) is 4. The maximum atomic E-state index is 12.6. The van der Waals surface area contributed by atoms with Gasteiger partial charge in [-0.2, -0.15) is 0 Å². The molecule has 3 amide bonds. The first kappa shape index (κ1) is 25.8. The van der Waals surface area contributed by atoms with Gasteiger partial charge in [0.05, 0.1) is 12.2 Å². The van der Waals surface area contributed by atoms with Gasteiger partial charge in [-0.25, -0.2) is 0 Å². The van der Waals surface area contributed by atoms with Crippen LogP contribution in [-0.4, -0.2) is 42.7 Å². The maximum absolute atomic E-state index is 12.6. The molecule has 33 heavy (non-hydrogen) atoms. The number of carbonyl (C=O) groups excluding carboxylic acids is 3. The van der Waals surface area contributed by atoms with Crippen molar-refractivity contribution in [2.24, 2.45) is 0 Å². The van der Waals surface area contributed by atoms with Crippen LogP contribution in [0.15, 0.2) is 48.5 Å². The van der Waals surface area contributed by atoms with Crippen molar-refractivity contribution in [2.75, 3.05) is 25.1 Å². The fraction of sp³-hybridized carbons (Fsp3) is 0.304. The Bertz CT molecular complexity index is 966. The van der Waals surface area contributed by atoms with Gasteiger partial charge in [-0.3, -0.25) is 30.6 Å². The summed E-state index contributed by atoms with van der Waals surface area (Å²) in [5, 5.41) is 5.16. The van der Waals surface area contributed by atoms with Gasteiger partial charge in [0, 0.05) is 24.3 Å². The summed E-state index contributed by atoms with van der Waals surface area (Å²) in [5.74, 6) is -0.634. The molecular weight excluding hydrogens is 444 g/mol. The summed E-state index contributed by atoms with van der Waals surface area (Å²) < 4.78 is 10.8. The number of hydrogen-bond acceptors (Lipinski definition) is 6. The van der Waals surface area contributed by atoms with Gasteiger partial charge >= 0.3 is 0 Å². The molecule has 0 aromatic heterocycles. The van der Waals surface area contributed by atoms with Crippen LogP contribution in [0, 0.1) is 0 Å². The quantitative estimate of drug-likeness (QED) is 0.239. The van der Waals surface area contributed by atoms with Crippen LogP contribution in [-0.2, 0) is 9.53 Å². The first-order chi connectivity index (χ1) is 15.9. The molecule has 10 heteroatoms. The zero-order valence-electron chi connectivity index (χ0n) is 18.6. The predicted molar refractivity (Wildman–Crippen MR) is 129 cm³/mol. The van der Waals surface area contributed by atoms with Crippen molar-refractivity contribution >= 4 is 40.7 Å². The van der Waals surface area contributed by atoms with Crippen LogP contribution in [0.4, 0.5) is 5.69 Å². The van der Waals surface area contributed by atoms with E-state index in [0.29, 0.717) is 48.8 Å². The second kappa shape index (κ2) is 13.8. The van der Waals surface area contributed by atoms with Crippen molar-refractivity contribution in [1.29, 1.82) is 0 Å². The van der Waals surface area contributed by atoms with Gasteiger partial charge in [0.1, 0.15) is 12.4 Å². The zero-order valence-corrected chi connectivity index (χ0v) is 19.4. The Kier molecular flexibility index (Phi) is 10.8. The van der Waals surface area contributed by atoms with Crippen molar-refractivity contribution < 1.29 is 23.9 Å². The number of anilines is 1. The Morgan fingerprint density at radius 3 is 2.33 bits per heavy atom. The van der Waals surface area contributed by atoms with Crippen LogP contribution in [0.1, 0.15) is 47.4 Å². The Hall–Kier alpha value is -3.50. The number of hydrazine groups is 1. The highest BCUT2D eigenvalue weighted by Crippen LogP contribution is 2.17. The van der Waals surface area contributed by atoms with Gasteiger partial charge in [-0.1, -0.05) is 19.1 Å². The highest BCUT2D eigenvalue weighted by Gasteiger charge is 2.14. The summed E-state index contributed by atoms with van der Waals surface area (Å²) in [7, 11) is 0. The number of para-hydroxylation sites is 1. The second-order valence-corrected chi connectivity index (χ2v) is 7.19. The highest BCUT2D eigenvalue weighted by atomic mass is 32.1. The number of ether oxygens (including phenoxy) is 2. The van der Waals surface area contributed by atoms with E-state index in [1.165, 1.54) is 0 Å². The minimum atomic E-state index is -0.485. The summed E-state index contributed by atoms with van der Waals surface area (Å²) in [6, 6.07) is 13.1. The van der Waals surface area contributed by atoms with Crippen LogP contribution in [0.3, 0.4) is 0 Å². The molecule has 0 bridgehead atoms. The molecule has 0 fully saturated rings. The molecule has 0 unspecified atom stereocenters. The van der Waals surface area contributed by atoms with E-state index in [0.717, 1.165) is 6.42 Å².